The lowest BCUT2D eigenvalue weighted by atomic mass is 10.2. The predicted molar refractivity (Wildman–Crippen MR) is 63.0 cm³/mol. The molecule has 88 valence electrons. The van der Waals surface area contributed by atoms with Crippen LogP contribution in [0, 0.1) is 0 Å². The molecule has 0 radical (unpaired) electrons. The monoisotopic (exact) mass is 251 g/mol. The molecule has 1 amide bonds. The van der Waals surface area contributed by atoms with Crippen molar-refractivity contribution in [3.8, 4) is 0 Å². The van der Waals surface area contributed by atoms with Gasteiger partial charge >= 0.3 is 0 Å². The Morgan fingerprint density at radius 2 is 2.18 bits per heavy atom. The van der Waals surface area contributed by atoms with Gasteiger partial charge in [0.1, 0.15) is 6.54 Å². The molecule has 6 heteroatoms. The molecule has 0 bridgehead atoms. The first kappa shape index (κ1) is 11.6. The molecule has 1 N–H and O–H groups in total. The summed E-state index contributed by atoms with van der Waals surface area (Å²) >= 11 is 5.80. The lowest BCUT2D eigenvalue weighted by Crippen LogP contribution is -2.45. The van der Waals surface area contributed by atoms with E-state index in [-0.39, 0.29) is 5.91 Å². The summed E-state index contributed by atoms with van der Waals surface area (Å²) in [7, 11) is 0. The molecular formula is C11H12ClN4O+. The van der Waals surface area contributed by atoms with Crippen LogP contribution in [-0.2, 0) is 11.3 Å². The van der Waals surface area contributed by atoms with Gasteiger partial charge in [-0.1, -0.05) is 23.7 Å². The number of nitrogens with zero attached hydrogens (tertiary/aromatic N) is 3. The zero-order chi connectivity index (χ0) is 12.3. The van der Waals surface area contributed by atoms with Crippen LogP contribution in [0.5, 0.6) is 0 Å². The van der Waals surface area contributed by atoms with Crippen molar-refractivity contribution in [2.24, 2.45) is 0 Å². The molecule has 17 heavy (non-hydrogen) atoms. The van der Waals surface area contributed by atoms with E-state index >= 15 is 0 Å². The third-order valence-electron chi connectivity index (χ3n) is 2.13. The van der Waals surface area contributed by atoms with E-state index in [9.17, 15) is 4.79 Å². The van der Waals surface area contributed by atoms with Gasteiger partial charge in [-0.05, 0) is 17.7 Å². The molecule has 1 heterocycles. The Kier molecular flexibility index (Phi) is 3.39. The highest BCUT2D eigenvalue weighted by Crippen LogP contribution is 2.09. The summed E-state index contributed by atoms with van der Waals surface area (Å²) in [6.07, 6.45) is 3.24. The van der Waals surface area contributed by atoms with Crippen LogP contribution in [0.1, 0.15) is 12.5 Å². The third kappa shape index (κ3) is 3.29. The van der Waals surface area contributed by atoms with E-state index in [1.165, 1.54) is 17.9 Å². The minimum atomic E-state index is -0.138. The van der Waals surface area contributed by atoms with E-state index in [1.807, 2.05) is 24.3 Å². The van der Waals surface area contributed by atoms with Crippen molar-refractivity contribution in [1.82, 2.24) is 9.78 Å². The van der Waals surface area contributed by atoms with Crippen LogP contribution >= 0.6 is 11.6 Å². The smallest absolute Gasteiger partial charge is 0.272 e. The summed E-state index contributed by atoms with van der Waals surface area (Å²) in [4.78, 5) is 10.8. The summed E-state index contributed by atoms with van der Waals surface area (Å²) in [5.74, 6) is -0.138. The number of hydrogen-bond acceptors (Lipinski definition) is 2. The van der Waals surface area contributed by atoms with E-state index in [4.69, 9.17) is 11.6 Å². The molecule has 0 atom stereocenters. The van der Waals surface area contributed by atoms with E-state index in [1.54, 1.807) is 11.0 Å². The van der Waals surface area contributed by atoms with Crippen molar-refractivity contribution >= 4 is 17.5 Å². The van der Waals surface area contributed by atoms with Gasteiger partial charge in [0.05, 0.1) is 0 Å². The van der Waals surface area contributed by atoms with Crippen LogP contribution in [0.4, 0.5) is 0 Å². The van der Waals surface area contributed by atoms with Crippen molar-refractivity contribution in [3.05, 3.63) is 47.5 Å². The van der Waals surface area contributed by atoms with E-state index < -0.39 is 0 Å². The Labute approximate surface area is 104 Å². The van der Waals surface area contributed by atoms with Gasteiger partial charge in [0.25, 0.3) is 6.33 Å². The summed E-state index contributed by atoms with van der Waals surface area (Å²) in [5, 5.41) is 4.83. The first-order chi connectivity index (χ1) is 8.13. The fourth-order valence-corrected chi connectivity index (χ4v) is 1.55. The van der Waals surface area contributed by atoms with Gasteiger partial charge in [0.15, 0.2) is 0 Å². The SMILES string of the molecule is CC(=O)N[n+]1cnn(Cc2ccc(Cl)cc2)c1. The maximum Gasteiger partial charge on any atom is 0.287 e. The molecule has 2 aromatic rings. The number of rotatable bonds is 3. The zero-order valence-electron chi connectivity index (χ0n) is 9.30. The van der Waals surface area contributed by atoms with Crippen LogP contribution in [0.15, 0.2) is 36.9 Å². The maximum absolute atomic E-state index is 10.8. The molecule has 0 unspecified atom stereocenters. The molecule has 5 nitrogen and oxygen atoms in total. The molecule has 0 aliphatic heterocycles. The quantitative estimate of drug-likeness (QED) is 0.827. The van der Waals surface area contributed by atoms with Gasteiger partial charge in [-0.25, -0.2) is 5.43 Å². The molecular weight excluding hydrogens is 240 g/mol. The molecule has 0 saturated heterocycles. The highest BCUT2D eigenvalue weighted by atomic mass is 35.5. The van der Waals surface area contributed by atoms with Crippen molar-refractivity contribution < 1.29 is 9.47 Å². The summed E-state index contributed by atoms with van der Waals surface area (Å²) in [5.41, 5.74) is 3.68. The Bertz CT molecular complexity index is 521. The number of amides is 1. The Morgan fingerprint density at radius 3 is 2.82 bits per heavy atom. The number of aromatic nitrogens is 3. The number of carbonyl (C=O) groups excluding carboxylic acids is 1. The summed E-state index contributed by atoms with van der Waals surface area (Å²) < 4.78 is 3.23. The highest BCUT2D eigenvalue weighted by molar-refractivity contribution is 6.30. The van der Waals surface area contributed by atoms with E-state index in [2.05, 4.69) is 10.5 Å². The molecule has 0 aliphatic rings. The second-order valence-electron chi connectivity index (χ2n) is 3.65. The summed E-state index contributed by atoms with van der Waals surface area (Å²) in [6, 6.07) is 7.55. The van der Waals surface area contributed by atoms with Crippen LogP contribution < -0.4 is 10.1 Å². The number of carbonyl (C=O) groups is 1. The van der Waals surface area contributed by atoms with Gasteiger partial charge in [-0.15, -0.1) is 9.36 Å². The van der Waals surface area contributed by atoms with Crippen LogP contribution in [-0.4, -0.2) is 15.7 Å². The summed E-state index contributed by atoms with van der Waals surface area (Å²) in [6.45, 7) is 2.08. The molecule has 0 spiro atoms. The number of benzene rings is 1. The molecule has 0 fully saturated rings. The van der Waals surface area contributed by atoms with Crippen LogP contribution in [0.25, 0.3) is 0 Å². The number of hydrogen-bond donors (Lipinski definition) is 1. The van der Waals surface area contributed by atoms with Crippen molar-refractivity contribution in [3.63, 3.8) is 0 Å². The first-order valence-electron chi connectivity index (χ1n) is 5.09. The van der Waals surface area contributed by atoms with E-state index in [0.717, 1.165) is 5.56 Å². The largest absolute Gasteiger partial charge is 0.287 e. The topological polar surface area (TPSA) is 50.8 Å². The lowest BCUT2D eigenvalue weighted by Gasteiger charge is -1.96. The lowest BCUT2D eigenvalue weighted by molar-refractivity contribution is -0.643. The number of nitrogens with one attached hydrogen (secondary N) is 1. The van der Waals surface area contributed by atoms with E-state index in [0.29, 0.717) is 11.6 Å². The second kappa shape index (κ2) is 4.97. The van der Waals surface area contributed by atoms with Gasteiger partial charge in [0.2, 0.25) is 12.2 Å². The standard InChI is InChI=1S/C11H11ClN4O/c1-9(17)14-16-7-13-15(8-16)6-10-2-4-11(12)5-3-10/h2-5,7-8H,6H2,1H3/p+1. The fraction of sp³-hybridized carbons (Fsp3) is 0.182. The molecule has 0 saturated carbocycles. The van der Waals surface area contributed by atoms with Crippen LogP contribution in [0.3, 0.4) is 0 Å². The zero-order valence-corrected chi connectivity index (χ0v) is 10.1. The number of halogens is 1. The van der Waals surface area contributed by atoms with Crippen molar-refractivity contribution in [1.29, 1.82) is 0 Å². The average Bonchev–Trinajstić information content (AvgIpc) is 2.68. The Hall–Kier alpha value is -1.88. The molecule has 1 aromatic heterocycles. The average molecular weight is 252 g/mol. The third-order valence-corrected chi connectivity index (χ3v) is 2.38. The molecule has 1 aromatic carbocycles. The van der Waals surface area contributed by atoms with Gasteiger partial charge in [-0.2, -0.15) is 0 Å². The van der Waals surface area contributed by atoms with Crippen molar-refractivity contribution in [2.75, 3.05) is 5.43 Å². The normalized spacial score (nSPS) is 10.2. The second-order valence-corrected chi connectivity index (χ2v) is 4.08. The van der Waals surface area contributed by atoms with Gasteiger partial charge < -0.3 is 0 Å². The molecule has 2 rings (SSSR count). The maximum atomic E-state index is 10.8. The first-order valence-corrected chi connectivity index (χ1v) is 5.47. The van der Waals surface area contributed by atoms with Gasteiger partial charge in [-0.3, -0.25) is 4.79 Å². The van der Waals surface area contributed by atoms with Crippen molar-refractivity contribution in [2.45, 2.75) is 13.5 Å². The van der Waals surface area contributed by atoms with Gasteiger partial charge in [0, 0.05) is 17.0 Å². The molecule has 0 aliphatic carbocycles. The minimum Gasteiger partial charge on any atom is -0.272 e. The Morgan fingerprint density at radius 1 is 1.47 bits per heavy atom. The predicted octanol–water partition coefficient (Wildman–Crippen LogP) is 0.962. The fourth-order valence-electron chi connectivity index (χ4n) is 1.42. The van der Waals surface area contributed by atoms with Crippen LogP contribution in [0.2, 0.25) is 5.02 Å². The Balaban J connectivity index is 2.06. The minimum absolute atomic E-state index is 0.138. The highest BCUT2D eigenvalue weighted by Gasteiger charge is 2.07.